The number of nitrogens with one attached hydrogen (secondary N) is 5. The molecule has 6 N–H and O–H groups in total. The summed E-state index contributed by atoms with van der Waals surface area (Å²) in [7, 11) is 1.24. The molecule has 0 spiro atoms. The van der Waals surface area contributed by atoms with Gasteiger partial charge in [-0.15, -0.1) is 0 Å². The second-order valence-corrected chi connectivity index (χ2v) is 15.1. The van der Waals surface area contributed by atoms with Gasteiger partial charge in [0.15, 0.2) is 0 Å². The topological polar surface area (TPSA) is 201 Å². The number of aliphatic hydroxyl groups excluding tert-OH is 1. The van der Waals surface area contributed by atoms with Gasteiger partial charge in [-0.2, -0.15) is 0 Å². The van der Waals surface area contributed by atoms with Crippen LogP contribution in [0.15, 0.2) is 91.0 Å². The van der Waals surface area contributed by atoms with Crippen LogP contribution >= 0.6 is 0 Å². The van der Waals surface area contributed by atoms with E-state index in [0.29, 0.717) is 0 Å². The smallest absolute Gasteiger partial charge is 0.408 e. The summed E-state index contributed by atoms with van der Waals surface area (Å²) >= 11 is 0. The maximum Gasteiger partial charge on any atom is 0.408 e. The van der Waals surface area contributed by atoms with E-state index >= 15 is 0 Å². The first-order valence-electron chi connectivity index (χ1n) is 19.6. The Morgan fingerprint density at radius 1 is 0.552 bits per heavy atom. The number of methoxy groups -OCH3 is 1. The summed E-state index contributed by atoms with van der Waals surface area (Å²) in [6, 6.07) is 22.5. The average molecular weight is 802 g/mol. The molecule has 0 fully saturated rings. The molecule has 0 aliphatic carbocycles. The summed E-state index contributed by atoms with van der Waals surface area (Å²) < 4.78 is 10.1. The minimum absolute atomic E-state index is 0.0161. The van der Waals surface area contributed by atoms with Gasteiger partial charge in [-0.25, -0.2) is 9.59 Å². The van der Waals surface area contributed by atoms with Gasteiger partial charge < -0.3 is 41.2 Å². The van der Waals surface area contributed by atoms with Gasteiger partial charge in [0.05, 0.1) is 19.3 Å². The van der Waals surface area contributed by atoms with E-state index in [4.69, 9.17) is 9.47 Å². The molecule has 0 aromatic heterocycles. The van der Waals surface area contributed by atoms with Crippen molar-refractivity contribution in [3.8, 4) is 0 Å². The van der Waals surface area contributed by atoms with Crippen molar-refractivity contribution in [2.45, 2.75) is 104 Å². The molecule has 4 unspecified atom stereocenters. The maximum absolute atomic E-state index is 14.1. The van der Waals surface area contributed by atoms with Gasteiger partial charge in [-0.3, -0.25) is 19.2 Å². The van der Waals surface area contributed by atoms with E-state index in [1.807, 2.05) is 78.9 Å². The van der Waals surface area contributed by atoms with Gasteiger partial charge in [0, 0.05) is 5.92 Å². The predicted octanol–water partition coefficient (Wildman–Crippen LogP) is 3.60. The van der Waals surface area contributed by atoms with Gasteiger partial charge >= 0.3 is 12.1 Å². The molecule has 3 rings (SSSR count). The Morgan fingerprint density at radius 3 is 1.53 bits per heavy atom. The van der Waals surface area contributed by atoms with E-state index in [2.05, 4.69) is 26.6 Å². The molecule has 0 saturated heterocycles. The first-order chi connectivity index (χ1) is 27.6. The van der Waals surface area contributed by atoms with Crippen LogP contribution in [0.1, 0.15) is 64.7 Å². The largest absolute Gasteiger partial charge is 0.467 e. The molecule has 3 aromatic carbocycles. The molecule has 3 aromatic rings. The van der Waals surface area contributed by atoms with Crippen LogP contribution in [0.4, 0.5) is 4.79 Å². The minimum Gasteiger partial charge on any atom is -0.467 e. The molecule has 5 amide bonds. The molecule has 0 radical (unpaired) electrons. The van der Waals surface area contributed by atoms with Crippen molar-refractivity contribution < 1.29 is 43.3 Å². The standard InChI is InChI=1S/C44H59N5O9/c1-27(2)37(42(54)49-38(28(3)4)43(55)57-7)48-41(53)34(23-31-17-11-8-12-18-31)25-36(50)35(24-32-19-13-9-14-20-32)47-40(52)29(5)45-39(51)30(6)46-44(56)58-26-33-21-15-10-16-22-33/h8-22,27-30,34-38,50H,23-26H2,1-7H3,(H,45,51)(H,46,56)(H,47,52)(H,48,53)(H,49,54)/t29-,30-,34?,35?,36?,37?,38-/m0/s1. The van der Waals surface area contributed by atoms with E-state index in [0.717, 1.165) is 16.7 Å². The third kappa shape index (κ3) is 15.3. The summed E-state index contributed by atoms with van der Waals surface area (Å²) in [6.07, 6.45) is -1.76. The van der Waals surface area contributed by atoms with Crippen LogP contribution in [0.3, 0.4) is 0 Å². The van der Waals surface area contributed by atoms with Gasteiger partial charge in [0.2, 0.25) is 23.6 Å². The first-order valence-corrected chi connectivity index (χ1v) is 19.6. The molecule has 0 bridgehead atoms. The Bertz CT molecular complexity index is 1780. The highest BCUT2D eigenvalue weighted by Crippen LogP contribution is 2.20. The van der Waals surface area contributed by atoms with Crippen LogP contribution in [0, 0.1) is 17.8 Å². The van der Waals surface area contributed by atoms with Crippen LogP contribution in [-0.4, -0.2) is 84.2 Å². The van der Waals surface area contributed by atoms with Crippen molar-refractivity contribution in [3.63, 3.8) is 0 Å². The zero-order valence-corrected chi connectivity index (χ0v) is 34.4. The van der Waals surface area contributed by atoms with Gasteiger partial charge in [-0.05, 0) is 61.6 Å². The van der Waals surface area contributed by atoms with Crippen molar-refractivity contribution >= 4 is 35.7 Å². The maximum atomic E-state index is 14.1. The lowest BCUT2D eigenvalue weighted by atomic mass is 9.88. The number of hydrogen-bond donors (Lipinski definition) is 6. The highest BCUT2D eigenvalue weighted by molar-refractivity contribution is 5.92. The minimum atomic E-state index is -1.26. The molecule has 0 aliphatic rings. The molecular weight excluding hydrogens is 743 g/mol. The number of carbonyl (C=O) groups is 6. The van der Waals surface area contributed by atoms with Crippen LogP contribution in [-0.2, 0) is 52.9 Å². The van der Waals surface area contributed by atoms with Gasteiger partial charge in [0.1, 0.15) is 30.8 Å². The third-order valence-electron chi connectivity index (χ3n) is 9.67. The van der Waals surface area contributed by atoms with Crippen LogP contribution in [0.25, 0.3) is 0 Å². The number of ether oxygens (including phenoxy) is 2. The monoisotopic (exact) mass is 801 g/mol. The summed E-state index contributed by atoms with van der Waals surface area (Å²) in [6.45, 7) is 10.0. The average Bonchev–Trinajstić information content (AvgIpc) is 3.20. The van der Waals surface area contributed by atoms with Crippen LogP contribution in [0.2, 0.25) is 0 Å². The first kappa shape index (κ1) is 46.6. The second kappa shape index (κ2) is 23.5. The highest BCUT2D eigenvalue weighted by atomic mass is 16.5. The number of esters is 1. The summed E-state index contributed by atoms with van der Waals surface area (Å²) in [4.78, 5) is 79.0. The lowest BCUT2D eigenvalue weighted by Crippen LogP contribution is -2.57. The Kier molecular flexibility index (Phi) is 18.9. The normalized spacial score (nSPS) is 14.7. The van der Waals surface area contributed by atoms with Crippen molar-refractivity contribution in [3.05, 3.63) is 108 Å². The quantitative estimate of drug-likeness (QED) is 0.0872. The Labute approximate surface area is 341 Å². The van der Waals surface area contributed by atoms with Gasteiger partial charge in [0.25, 0.3) is 0 Å². The van der Waals surface area contributed by atoms with E-state index < -0.39 is 77.9 Å². The highest BCUT2D eigenvalue weighted by Gasteiger charge is 2.35. The Morgan fingerprint density at radius 2 is 1.02 bits per heavy atom. The Balaban J connectivity index is 1.77. The fraction of sp³-hybridized carbons (Fsp3) is 0.455. The molecule has 14 nitrogen and oxygen atoms in total. The summed E-state index contributed by atoms with van der Waals surface area (Å²) in [5.74, 6) is -4.37. The van der Waals surface area contributed by atoms with Crippen molar-refractivity contribution in [1.82, 2.24) is 26.6 Å². The van der Waals surface area contributed by atoms with E-state index in [1.54, 1.807) is 39.8 Å². The Hall–Kier alpha value is -5.76. The number of benzene rings is 3. The molecule has 7 atom stereocenters. The summed E-state index contributed by atoms with van der Waals surface area (Å²) in [5.41, 5.74) is 2.40. The van der Waals surface area contributed by atoms with Crippen molar-refractivity contribution in [2.75, 3.05) is 7.11 Å². The van der Waals surface area contributed by atoms with Gasteiger partial charge in [-0.1, -0.05) is 119 Å². The molecule has 14 heteroatoms. The van der Waals surface area contributed by atoms with Crippen LogP contribution in [0.5, 0.6) is 0 Å². The fourth-order valence-electron chi connectivity index (χ4n) is 6.18. The summed E-state index contributed by atoms with van der Waals surface area (Å²) in [5, 5.41) is 25.4. The SMILES string of the molecule is COC(=O)[C@@H](NC(=O)C(NC(=O)C(Cc1ccccc1)CC(O)C(Cc1ccccc1)NC(=O)[C@H](C)NC(=O)[C@H](C)NC(=O)OCc1ccccc1)C(C)C)C(C)C. The molecule has 0 saturated carbocycles. The lowest BCUT2D eigenvalue weighted by Gasteiger charge is -2.30. The molecule has 0 aliphatic heterocycles. The number of aliphatic hydroxyl groups is 1. The molecular formula is C44H59N5O9. The number of alkyl carbamates (subject to hydrolysis) is 1. The second-order valence-electron chi connectivity index (χ2n) is 15.1. The lowest BCUT2D eigenvalue weighted by molar-refractivity contribution is -0.147. The number of amides is 5. The fourth-order valence-corrected chi connectivity index (χ4v) is 6.18. The van der Waals surface area contributed by atoms with Crippen molar-refractivity contribution in [2.24, 2.45) is 17.8 Å². The zero-order valence-electron chi connectivity index (χ0n) is 34.4. The molecule has 0 heterocycles. The zero-order chi connectivity index (χ0) is 42.8. The van der Waals surface area contributed by atoms with E-state index in [1.165, 1.54) is 21.0 Å². The number of carbonyl (C=O) groups excluding carboxylic acids is 6. The molecule has 58 heavy (non-hydrogen) atoms. The molecule has 314 valence electrons. The predicted molar refractivity (Wildman–Crippen MR) is 219 cm³/mol. The van der Waals surface area contributed by atoms with E-state index in [-0.39, 0.29) is 37.7 Å². The number of rotatable bonds is 21. The number of hydrogen-bond acceptors (Lipinski definition) is 9. The third-order valence-corrected chi connectivity index (χ3v) is 9.67. The van der Waals surface area contributed by atoms with Crippen molar-refractivity contribution in [1.29, 1.82) is 0 Å². The van der Waals surface area contributed by atoms with E-state index in [9.17, 15) is 33.9 Å². The van der Waals surface area contributed by atoms with Crippen LogP contribution < -0.4 is 26.6 Å².